The SMILES string of the molecule is CC[C@@H]1C[C@@]1(/C=C/c1ccccc1)C(=O)OC. The lowest BCUT2D eigenvalue weighted by Gasteiger charge is -2.09. The van der Waals surface area contributed by atoms with Crippen molar-refractivity contribution in [2.24, 2.45) is 11.3 Å². The molecule has 0 amide bonds. The zero-order valence-electron chi connectivity index (χ0n) is 10.3. The second-order valence-electron chi connectivity index (χ2n) is 4.59. The first-order valence-electron chi connectivity index (χ1n) is 6.05. The third kappa shape index (κ3) is 2.26. The molecule has 17 heavy (non-hydrogen) atoms. The molecule has 0 unspecified atom stereocenters. The Labute approximate surface area is 102 Å². The van der Waals surface area contributed by atoms with Crippen molar-refractivity contribution in [3.05, 3.63) is 42.0 Å². The third-order valence-corrected chi connectivity index (χ3v) is 3.58. The Bertz CT molecular complexity index is 422. The molecule has 1 aliphatic rings. The van der Waals surface area contributed by atoms with E-state index in [1.54, 1.807) is 0 Å². The highest BCUT2D eigenvalue weighted by atomic mass is 16.5. The first-order valence-corrected chi connectivity index (χ1v) is 6.05. The molecule has 0 N–H and O–H groups in total. The topological polar surface area (TPSA) is 26.3 Å². The van der Waals surface area contributed by atoms with Gasteiger partial charge in [-0.2, -0.15) is 0 Å². The number of benzene rings is 1. The summed E-state index contributed by atoms with van der Waals surface area (Å²) >= 11 is 0. The second kappa shape index (κ2) is 4.74. The Morgan fingerprint density at radius 3 is 2.71 bits per heavy atom. The molecule has 0 aliphatic heterocycles. The number of hydrogen-bond donors (Lipinski definition) is 0. The van der Waals surface area contributed by atoms with Crippen molar-refractivity contribution < 1.29 is 9.53 Å². The van der Waals surface area contributed by atoms with Gasteiger partial charge in [-0.05, 0) is 17.9 Å². The average Bonchev–Trinajstić information content (AvgIpc) is 3.12. The molecule has 0 radical (unpaired) electrons. The van der Waals surface area contributed by atoms with E-state index in [1.165, 1.54) is 7.11 Å². The molecule has 1 aromatic rings. The molecule has 1 aliphatic carbocycles. The van der Waals surface area contributed by atoms with Crippen LogP contribution in [0.5, 0.6) is 0 Å². The van der Waals surface area contributed by atoms with Gasteiger partial charge in [0, 0.05) is 0 Å². The Kier molecular flexibility index (Phi) is 3.32. The molecule has 0 spiro atoms. The lowest BCUT2D eigenvalue weighted by atomic mass is 10.0. The fourth-order valence-electron chi connectivity index (χ4n) is 2.38. The van der Waals surface area contributed by atoms with E-state index in [1.807, 2.05) is 42.5 Å². The first kappa shape index (κ1) is 11.9. The summed E-state index contributed by atoms with van der Waals surface area (Å²) < 4.78 is 4.91. The second-order valence-corrected chi connectivity index (χ2v) is 4.59. The van der Waals surface area contributed by atoms with E-state index in [-0.39, 0.29) is 11.4 Å². The molecule has 0 aromatic heterocycles. The monoisotopic (exact) mass is 230 g/mol. The summed E-state index contributed by atoms with van der Waals surface area (Å²) in [5.74, 6) is 0.339. The minimum atomic E-state index is -0.362. The maximum atomic E-state index is 11.8. The van der Waals surface area contributed by atoms with Crippen molar-refractivity contribution in [2.75, 3.05) is 7.11 Å². The van der Waals surface area contributed by atoms with Gasteiger partial charge in [0.1, 0.15) is 0 Å². The number of methoxy groups -OCH3 is 1. The van der Waals surface area contributed by atoms with Crippen LogP contribution >= 0.6 is 0 Å². The zero-order valence-corrected chi connectivity index (χ0v) is 10.3. The van der Waals surface area contributed by atoms with Gasteiger partial charge in [-0.15, -0.1) is 0 Å². The number of carbonyl (C=O) groups excluding carboxylic acids is 1. The van der Waals surface area contributed by atoms with Gasteiger partial charge >= 0.3 is 5.97 Å². The van der Waals surface area contributed by atoms with E-state index in [0.717, 1.165) is 18.4 Å². The first-order chi connectivity index (χ1) is 8.23. The van der Waals surface area contributed by atoms with E-state index in [9.17, 15) is 4.79 Å². The molecular weight excluding hydrogens is 212 g/mol. The van der Waals surface area contributed by atoms with Crippen LogP contribution in [-0.4, -0.2) is 13.1 Å². The zero-order chi connectivity index (χ0) is 12.3. The lowest BCUT2D eigenvalue weighted by Crippen LogP contribution is -2.17. The van der Waals surface area contributed by atoms with Gasteiger partial charge < -0.3 is 4.74 Å². The largest absolute Gasteiger partial charge is 0.468 e. The maximum absolute atomic E-state index is 11.8. The van der Waals surface area contributed by atoms with E-state index in [2.05, 4.69) is 6.92 Å². The van der Waals surface area contributed by atoms with Gasteiger partial charge in [-0.1, -0.05) is 55.8 Å². The van der Waals surface area contributed by atoms with Crippen LogP contribution in [0.15, 0.2) is 36.4 Å². The molecule has 0 saturated heterocycles. The molecule has 1 fully saturated rings. The van der Waals surface area contributed by atoms with Crippen LogP contribution in [0.3, 0.4) is 0 Å². The lowest BCUT2D eigenvalue weighted by molar-refractivity contribution is -0.145. The fraction of sp³-hybridized carbons (Fsp3) is 0.400. The van der Waals surface area contributed by atoms with Gasteiger partial charge in [-0.25, -0.2) is 0 Å². The van der Waals surface area contributed by atoms with E-state index < -0.39 is 0 Å². The van der Waals surface area contributed by atoms with Gasteiger partial charge in [0.05, 0.1) is 12.5 Å². The third-order valence-electron chi connectivity index (χ3n) is 3.58. The number of hydrogen-bond acceptors (Lipinski definition) is 2. The number of carbonyl (C=O) groups is 1. The summed E-state index contributed by atoms with van der Waals surface area (Å²) in [5.41, 5.74) is 0.761. The van der Waals surface area contributed by atoms with Crippen molar-refractivity contribution in [1.82, 2.24) is 0 Å². The standard InChI is InChI=1S/C15H18O2/c1-3-13-11-15(13,14(16)17-2)10-9-12-7-5-4-6-8-12/h4-10,13H,3,11H2,1-2H3/b10-9+/t13-,15-/m1/s1. The molecule has 1 aromatic carbocycles. The van der Waals surface area contributed by atoms with Crippen LogP contribution in [-0.2, 0) is 9.53 Å². The minimum Gasteiger partial charge on any atom is -0.468 e. The number of esters is 1. The van der Waals surface area contributed by atoms with Crippen molar-refractivity contribution >= 4 is 12.0 Å². The Hall–Kier alpha value is -1.57. The van der Waals surface area contributed by atoms with Gasteiger partial charge in [0.2, 0.25) is 0 Å². The van der Waals surface area contributed by atoms with Crippen LogP contribution in [0.1, 0.15) is 25.3 Å². The summed E-state index contributed by atoms with van der Waals surface area (Å²) in [6.45, 7) is 2.12. The van der Waals surface area contributed by atoms with E-state index in [0.29, 0.717) is 5.92 Å². The van der Waals surface area contributed by atoms with E-state index >= 15 is 0 Å². The summed E-state index contributed by atoms with van der Waals surface area (Å²) in [7, 11) is 1.46. The van der Waals surface area contributed by atoms with E-state index in [4.69, 9.17) is 4.74 Å². The van der Waals surface area contributed by atoms with Crippen molar-refractivity contribution in [3.63, 3.8) is 0 Å². The molecule has 2 rings (SSSR count). The molecule has 90 valence electrons. The summed E-state index contributed by atoms with van der Waals surface area (Å²) in [5, 5.41) is 0. The van der Waals surface area contributed by atoms with Crippen LogP contribution in [0, 0.1) is 11.3 Å². The highest BCUT2D eigenvalue weighted by Gasteiger charge is 2.57. The highest BCUT2D eigenvalue weighted by molar-refractivity contribution is 5.84. The molecule has 0 heterocycles. The smallest absolute Gasteiger partial charge is 0.315 e. The molecule has 2 nitrogen and oxygen atoms in total. The minimum absolute atomic E-state index is 0.100. The van der Waals surface area contributed by atoms with Crippen molar-refractivity contribution in [3.8, 4) is 0 Å². The molecule has 1 saturated carbocycles. The fourth-order valence-corrected chi connectivity index (χ4v) is 2.38. The quantitative estimate of drug-likeness (QED) is 0.742. The van der Waals surface area contributed by atoms with Gasteiger partial charge in [0.25, 0.3) is 0 Å². The Morgan fingerprint density at radius 2 is 2.18 bits per heavy atom. The predicted molar refractivity (Wildman–Crippen MR) is 68.3 cm³/mol. The normalized spacial score (nSPS) is 27.1. The Morgan fingerprint density at radius 1 is 1.47 bits per heavy atom. The number of rotatable bonds is 4. The Balaban J connectivity index is 2.16. The van der Waals surface area contributed by atoms with Crippen LogP contribution in [0.25, 0.3) is 6.08 Å². The number of ether oxygens (including phenoxy) is 1. The summed E-state index contributed by atoms with van der Waals surface area (Å²) in [6, 6.07) is 10.0. The molecular formula is C15H18O2. The molecule has 0 bridgehead atoms. The summed E-state index contributed by atoms with van der Waals surface area (Å²) in [6.07, 6.45) is 5.97. The summed E-state index contributed by atoms with van der Waals surface area (Å²) in [4.78, 5) is 11.8. The van der Waals surface area contributed by atoms with Gasteiger partial charge in [0.15, 0.2) is 0 Å². The average molecular weight is 230 g/mol. The van der Waals surface area contributed by atoms with Gasteiger partial charge in [-0.3, -0.25) is 4.79 Å². The maximum Gasteiger partial charge on any atom is 0.315 e. The van der Waals surface area contributed by atoms with Crippen LogP contribution < -0.4 is 0 Å². The highest BCUT2D eigenvalue weighted by Crippen LogP contribution is 2.56. The molecule has 2 atom stereocenters. The van der Waals surface area contributed by atoms with Crippen molar-refractivity contribution in [2.45, 2.75) is 19.8 Å². The molecule has 2 heteroatoms. The predicted octanol–water partition coefficient (Wildman–Crippen LogP) is 3.29. The van der Waals surface area contributed by atoms with Crippen LogP contribution in [0.4, 0.5) is 0 Å². The van der Waals surface area contributed by atoms with Crippen molar-refractivity contribution in [1.29, 1.82) is 0 Å². The van der Waals surface area contributed by atoms with Crippen LogP contribution in [0.2, 0.25) is 0 Å².